The number of piperazine rings is 1. The van der Waals surface area contributed by atoms with Crippen LogP contribution in [-0.2, 0) is 16.4 Å². The second kappa shape index (κ2) is 11.1. The molecule has 1 aliphatic carbocycles. The molecule has 2 aromatic carbocycles. The zero-order valence-electron chi connectivity index (χ0n) is 22.1. The lowest BCUT2D eigenvalue weighted by Gasteiger charge is -2.35. The summed E-state index contributed by atoms with van der Waals surface area (Å²) in [7, 11) is -3.86. The number of rotatable bonds is 7. The van der Waals surface area contributed by atoms with Crippen LogP contribution in [0.2, 0.25) is 0 Å². The number of nitrogens with zero attached hydrogens (tertiary/aromatic N) is 4. The van der Waals surface area contributed by atoms with E-state index < -0.39 is 27.7 Å². The third-order valence-corrected chi connectivity index (χ3v) is 10.3. The molecule has 39 heavy (non-hydrogen) atoms. The average Bonchev–Trinajstić information content (AvgIpc) is 3.46. The first-order chi connectivity index (χ1) is 18.9. The molecule has 3 heterocycles. The number of benzene rings is 2. The van der Waals surface area contributed by atoms with E-state index in [0.717, 1.165) is 37.6 Å². The smallest absolute Gasteiger partial charge is 0.246 e. The summed E-state index contributed by atoms with van der Waals surface area (Å²) in [6.45, 7) is 6.49. The predicted octanol–water partition coefficient (Wildman–Crippen LogP) is 4.40. The predicted molar refractivity (Wildman–Crippen MR) is 148 cm³/mol. The summed E-state index contributed by atoms with van der Waals surface area (Å²) in [5.41, 5.74) is 1.67. The zero-order valence-corrected chi connectivity index (χ0v) is 22.9. The molecule has 3 aliphatic rings. The Morgan fingerprint density at radius 2 is 1.62 bits per heavy atom. The van der Waals surface area contributed by atoms with Crippen LogP contribution in [0.3, 0.4) is 0 Å². The van der Waals surface area contributed by atoms with Crippen LogP contribution in [-0.4, -0.2) is 79.9 Å². The lowest BCUT2D eigenvalue weighted by Crippen LogP contribution is -2.50. The molecule has 2 saturated heterocycles. The van der Waals surface area contributed by atoms with Crippen LogP contribution in [0.15, 0.2) is 47.4 Å². The molecule has 0 radical (unpaired) electrons. The van der Waals surface area contributed by atoms with Gasteiger partial charge in [0, 0.05) is 50.7 Å². The molecule has 0 saturated carbocycles. The Hall–Kier alpha value is -2.66. The summed E-state index contributed by atoms with van der Waals surface area (Å²) in [6.07, 6.45) is 4.39. The summed E-state index contributed by atoms with van der Waals surface area (Å²) < 4.78 is 58.3. The second-order valence-corrected chi connectivity index (χ2v) is 12.8. The number of nitrogens with one attached hydrogen (secondary N) is 1. The standard InChI is InChI=1S/C29H35F2N5O2S/c30-22-19-24-23(25(31)20-22)7-5-9-27(24)33-29-28(18-21-6-1-2-8-26(21)32-29)39(37,38)36-16-14-35(15-17-36)13-12-34-10-3-4-11-34/h1-2,6,8,18-20,27H,3-5,7,9-17H2,(H,32,33)/t27-/m1/s1. The Kier molecular flexibility index (Phi) is 7.54. The van der Waals surface area contributed by atoms with Crippen molar-refractivity contribution < 1.29 is 17.2 Å². The number of sulfonamides is 1. The van der Waals surface area contributed by atoms with Crippen LogP contribution < -0.4 is 5.32 Å². The van der Waals surface area contributed by atoms with Gasteiger partial charge in [0.1, 0.15) is 22.3 Å². The third-order valence-electron chi connectivity index (χ3n) is 8.37. The quantitative estimate of drug-likeness (QED) is 0.466. The molecule has 0 bridgehead atoms. The van der Waals surface area contributed by atoms with Crippen LogP contribution in [0.25, 0.3) is 10.9 Å². The van der Waals surface area contributed by atoms with Crippen LogP contribution in [0.5, 0.6) is 0 Å². The van der Waals surface area contributed by atoms with Crippen molar-refractivity contribution in [2.45, 2.75) is 43.0 Å². The average molecular weight is 556 g/mol. The van der Waals surface area contributed by atoms with Gasteiger partial charge in [-0.05, 0) is 74.5 Å². The molecule has 1 atom stereocenters. The van der Waals surface area contributed by atoms with E-state index in [2.05, 4.69) is 15.1 Å². The van der Waals surface area contributed by atoms with Crippen molar-refractivity contribution in [2.75, 3.05) is 57.7 Å². The van der Waals surface area contributed by atoms with Crippen molar-refractivity contribution in [3.8, 4) is 0 Å². The number of hydrogen-bond acceptors (Lipinski definition) is 6. The molecule has 0 unspecified atom stereocenters. The minimum atomic E-state index is -3.86. The number of pyridine rings is 1. The van der Waals surface area contributed by atoms with Gasteiger partial charge in [-0.2, -0.15) is 4.31 Å². The SMILES string of the molecule is O=S(=O)(c1cc2ccccc2nc1N[C@@H]1CCCc2c(F)cc(F)cc21)N1CCN(CCN2CCCC2)CC1. The molecular formula is C29H35F2N5O2S. The Bertz CT molecular complexity index is 1450. The van der Waals surface area contributed by atoms with E-state index >= 15 is 0 Å². The normalized spacial score (nSPS) is 21.3. The van der Waals surface area contributed by atoms with E-state index in [1.165, 1.54) is 18.9 Å². The van der Waals surface area contributed by atoms with Crippen molar-refractivity contribution in [1.82, 2.24) is 19.1 Å². The molecule has 1 N–H and O–H groups in total. The summed E-state index contributed by atoms with van der Waals surface area (Å²) in [5, 5.41) is 4.02. The van der Waals surface area contributed by atoms with Crippen molar-refractivity contribution in [2.24, 2.45) is 0 Å². The number of fused-ring (bicyclic) bond motifs is 2. The van der Waals surface area contributed by atoms with Gasteiger partial charge in [-0.15, -0.1) is 0 Å². The molecule has 2 fully saturated rings. The van der Waals surface area contributed by atoms with Crippen molar-refractivity contribution in [3.63, 3.8) is 0 Å². The van der Waals surface area contributed by atoms with Gasteiger partial charge in [0.05, 0.1) is 11.6 Å². The number of para-hydroxylation sites is 1. The number of halogens is 2. The molecule has 1 aromatic heterocycles. The van der Waals surface area contributed by atoms with E-state index in [1.807, 2.05) is 24.3 Å². The molecule has 0 amide bonds. The first kappa shape index (κ1) is 26.6. The topological polar surface area (TPSA) is 68.8 Å². The second-order valence-electron chi connectivity index (χ2n) is 10.9. The number of aromatic nitrogens is 1. The first-order valence-corrected chi connectivity index (χ1v) is 15.4. The highest BCUT2D eigenvalue weighted by molar-refractivity contribution is 7.89. The highest BCUT2D eigenvalue weighted by Gasteiger charge is 2.33. The summed E-state index contributed by atoms with van der Waals surface area (Å²) in [5.74, 6) is -0.965. The van der Waals surface area contributed by atoms with Crippen molar-refractivity contribution in [1.29, 1.82) is 0 Å². The third kappa shape index (κ3) is 5.52. The molecule has 0 spiro atoms. The maximum absolute atomic E-state index is 14.5. The Morgan fingerprint density at radius 3 is 2.38 bits per heavy atom. The maximum atomic E-state index is 14.5. The summed E-state index contributed by atoms with van der Waals surface area (Å²) in [6, 6.07) is 10.9. The molecule has 7 nitrogen and oxygen atoms in total. The number of hydrogen-bond donors (Lipinski definition) is 1. The lowest BCUT2D eigenvalue weighted by atomic mass is 9.87. The van der Waals surface area contributed by atoms with Crippen molar-refractivity contribution in [3.05, 3.63) is 65.2 Å². The van der Waals surface area contributed by atoms with Gasteiger partial charge in [-0.1, -0.05) is 18.2 Å². The lowest BCUT2D eigenvalue weighted by molar-refractivity contribution is 0.168. The minimum absolute atomic E-state index is 0.107. The zero-order chi connectivity index (χ0) is 27.0. The van der Waals surface area contributed by atoms with E-state index in [0.29, 0.717) is 62.1 Å². The van der Waals surface area contributed by atoms with Gasteiger partial charge in [0.15, 0.2) is 0 Å². The molecule has 10 heteroatoms. The fourth-order valence-electron chi connectivity index (χ4n) is 6.17. The van der Waals surface area contributed by atoms with Gasteiger partial charge in [0.2, 0.25) is 10.0 Å². The first-order valence-electron chi connectivity index (χ1n) is 14.0. The van der Waals surface area contributed by atoms with Crippen LogP contribution in [0, 0.1) is 11.6 Å². The molecule has 3 aromatic rings. The molecule has 6 rings (SSSR count). The van der Waals surface area contributed by atoms with Crippen molar-refractivity contribution >= 4 is 26.7 Å². The number of likely N-dealkylation sites (tertiary alicyclic amines) is 1. The number of anilines is 1. The van der Waals surface area contributed by atoms with Gasteiger partial charge >= 0.3 is 0 Å². The van der Waals surface area contributed by atoms with Crippen LogP contribution in [0.1, 0.15) is 42.9 Å². The minimum Gasteiger partial charge on any atom is -0.362 e. The van der Waals surface area contributed by atoms with Gasteiger partial charge < -0.3 is 10.2 Å². The van der Waals surface area contributed by atoms with Gasteiger partial charge in [-0.3, -0.25) is 4.90 Å². The monoisotopic (exact) mass is 555 g/mol. The Labute approximate surface area is 228 Å². The van der Waals surface area contributed by atoms with Crippen LogP contribution >= 0.6 is 0 Å². The Morgan fingerprint density at radius 1 is 0.897 bits per heavy atom. The van der Waals surface area contributed by atoms with Gasteiger partial charge in [-0.25, -0.2) is 22.2 Å². The summed E-state index contributed by atoms with van der Waals surface area (Å²) >= 11 is 0. The van der Waals surface area contributed by atoms with E-state index in [9.17, 15) is 17.2 Å². The van der Waals surface area contributed by atoms with E-state index in [-0.39, 0.29) is 10.7 Å². The summed E-state index contributed by atoms with van der Waals surface area (Å²) in [4.78, 5) is 9.64. The maximum Gasteiger partial charge on any atom is 0.246 e. The Balaban J connectivity index is 1.27. The molecular weight excluding hydrogens is 520 g/mol. The molecule has 208 valence electrons. The van der Waals surface area contributed by atoms with Gasteiger partial charge in [0.25, 0.3) is 0 Å². The van der Waals surface area contributed by atoms with E-state index in [1.54, 1.807) is 10.4 Å². The molecule has 2 aliphatic heterocycles. The van der Waals surface area contributed by atoms with E-state index in [4.69, 9.17) is 4.98 Å². The largest absolute Gasteiger partial charge is 0.362 e. The van der Waals surface area contributed by atoms with Crippen LogP contribution in [0.4, 0.5) is 14.6 Å². The fraction of sp³-hybridized carbons (Fsp3) is 0.483. The fourth-order valence-corrected chi connectivity index (χ4v) is 7.72. The highest BCUT2D eigenvalue weighted by Crippen LogP contribution is 2.37. The highest BCUT2D eigenvalue weighted by atomic mass is 32.2.